The second kappa shape index (κ2) is 7.87. The minimum absolute atomic E-state index is 0.0810. The van der Waals surface area contributed by atoms with Crippen molar-refractivity contribution in [1.82, 2.24) is 24.2 Å². The Kier molecular flexibility index (Phi) is 5.44. The number of imidazole rings is 1. The fourth-order valence-electron chi connectivity index (χ4n) is 3.99. The SMILES string of the molecule is Cn1ccnc1[C@@H](NC(=O)c1ccc(C2CCN(S(C)(=O)=O)CC2)nc1)C1CC1. The second-order valence-corrected chi connectivity index (χ2v) is 10.1. The van der Waals surface area contributed by atoms with Crippen LogP contribution >= 0.6 is 0 Å². The molecule has 1 amide bonds. The highest BCUT2D eigenvalue weighted by Gasteiger charge is 2.36. The molecule has 1 N–H and O–H groups in total. The first kappa shape index (κ1) is 20.0. The number of rotatable bonds is 6. The summed E-state index contributed by atoms with van der Waals surface area (Å²) in [6.07, 6.45) is 10.2. The van der Waals surface area contributed by atoms with Crippen molar-refractivity contribution in [2.24, 2.45) is 13.0 Å². The van der Waals surface area contributed by atoms with E-state index in [1.807, 2.05) is 29.9 Å². The van der Waals surface area contributed by atoms with Crippen LogP contribution < -0.4 is 5.32 Å². The number of carbonyl (C=O) groups excluding carboxylic acids is 1. The molecular weight excluding hydrogens is 390 g/mol. The molecule has 1 aliphatic carbocycles. The summed E-state index contributed by atoms with van der Waals surface area (Å²) >= 11 is 0. The van der Waals surface area contributed by atoms with Crippen molar-refractivity contribution in [3.05, 3.63) is 47.8 Å². The third-order valence-corrected chi connectivity index (χ3v) is 7.21. The lowest BCUT2D eigenvalue weighted by Crippen LogP contribution is -2.37. The Morgan fingerprint density at radius 2 is 1.90 bits per heavy atom. The molecule has 0 spiro atoms. The smallest absolute Gasteiger partial charge is 0.253 e. The molecule has 1 aliphatic heterocycles. The van der Waals surface area contributed by atoms with E-state index in [0.717, 1.165) is 37.2 Å². The molecule has 29 heavy (non-hydrogen) atoms. The lowest BCUT2D eigenvalue weighted by atomic mass is 9.94. The molecular formula is C20H27N5O3S. The Morgan fingerprint density at radius 3 is 2.41 bits per heavy atom. The maximum atomic E-state index is 12.8. The maximum Gasteiger partial charge on any atom is 0.253 e. The van der Waals surface area contributed by atoms with E-state index in [4.69, 9.17) is 0 Å². The van der Waals surface area contributed by atoms with Gasteiger partial charge in [0.25, 0.3) is 5.91 Å². The van der Waals surface area contributed by atoms with E-state index in [-0.39, 0.29) is 17.9 Å². The molecule has 2 fully saturated rings. The number of amides is 1. The first-order valence-corrected chi connectivity index (χ1v) is 11.9. The first-order valence-electron chi connectivity index (χ1n) is 10.0. The third kappa shape index (κ3) is 4.51. The van der Waals surface area contributed by atoms with Gasteiger partial charge in [0, 0.05) is 50.3 Å². The van der Waals surface area contributed by atoms with Crippen LogP contribution in [0.15, 0.2) is 30.7 Å². The average Bonchev–Trinajstić information content (AvgIpc) is 3.46. The zero-order valence-electron chi connectivity index (χ0n) is 16.8. The van der Waals surface area contributed by atoms with Crippen LogP contribution in [0.3, 0.4) is 0 Å². The highest BCUT2D eigenvalue weighted by Crippen LogP contribution is 2.40. The summed E-state index contributed by atoms with van der Waals surface area (Å²) in [7, 11) is -1.19. The Morgan fingerprint density at radius 1 is 1.17 bits per heavy atom. The number of aryl methyl sites for hydroxylation is 1. The predicted octanol–water partition coefficient (Wildman–Crippen LogP) is 1.84. The van der Waals surface area contributed by atoms with Crippen LogP contribution in [0.4, 0.5) is 0 Å². The highest BCUT2D eigenvalue weighted by molar-refractivity contribution is 7.88. The van der Waals surface area contributed by atoms with Gasteiger partial charge in [-0.2, -0.15) is 0 Å². The lowest BCUT2D eigenvalue weighted by molar-refractivity contribution is 0.0928. The molecule has 0 bridgehead atoms. The van der Waals surface area contributed by atoms with E-state index in [0.29, 0.717) is 24.6 Å². The number of hydrogen-bond acceptors (Lipinski definition) is 5. The minimum Gasteiger partial charge on any atom is -0.342 e. The van der Waals surface area contributed by atoms with E-state index < -0.39 is 10.0 Å². The van der Waals surface area contributed by atoms with Crippen molar-refractivity contribution in [3.8, 4) is 0 Å². The molecule has 8 nitrogen and oxygen atoms in total. The number of carbonyl (C=O) groups is 1. The largest absolute Gasteiger partial charge is 0.342 e. The van der Waals surface area contributed by atoms with Crippen LogP contribution in [0.5, 0.6) is 0 Å². The molecule has 2 aromatic heterocycles. The third-order valence-electron chi connectivity index (χ3n) is 5.91. The van der Waals surface area contributed by atoms with Gasteiger partial charge in [-0.15, -0.1) is 0 Å². The van der Waals surface area contributed by atoms with Gasteiger partial charge in [0.1, 0.15) is 5.82 Å². The molecule has 1 atom stereocenters. The Labute approximate surface area is 171 Å². The number of sulfonamides is 1. The summed E-state index contributed by atoms with van der Waals surface area (Å²) in [5.74, 6) is 1.39. The van der Waals surface area contributed by atoms with Crippen molar-refractivity contribution in [2.75, 3.05) is 19.3 Å². The van der Waals surface area contributed by atoms with Crippen LogP contribution in [0.2, 0.25) is 0 Å². The van der Waals surface area contributed by atoms with E-state index in [1.54, 1.807) is 12.4 Å². The molecule has 2 aliphatic rings. The summed E-state index contributed by atoms with van der Waals surface area (Å²) < 4.78 is 26.8. The molecule has 0 aromatic carbocycles. The fraction of sp³-hybridized carbons (Fsp3) is 0.550. The number of piperidine rings is 1. The van der Waals surface area contributed by atoms with Crippen molar-refractivity contribution >= 4 is 15.9 Å². The van der Waals surface area contributed by atoms with Crippen molar-refractivity contribution in [3.63, 3.8) is 0 Å². The fourth-order valence-corrected chi connectivity index (χ4v) is 4.86. The summed E-state index contributed by atoms with van der Waals surface area (Å²) in [5.41, 5.74) is 1.44. The van der Waals surface area contributed by atoms with Gasteiger partial charge in [-0.3, -0.25) is 9.78 Å². The zero-order valence-corrected chi connectivity index (χ0v) is 17.6. The van der Waals surface area contributed by atoms with Crippen LogP contribution in [0.1, 0.15) is 59.5 Å². The maximum absolute atomic E-state index is 12.8. The van der Waals surface area contributed by atoms with E-state index >= 15 is 0 Å². The summed E-state index contributed by atoms with van der Waals surface area (Å²) in [6.45, 7) is 1.03. The predicted molar refractivity (Wildman–Crippen MR) is 109 cm³/mol. The van der Waals surface area contributed by atoms with E-state index in [1.165, 1.54) is 10.6 Å². The number of pyridine rings is 1. The topological polar surface area (TPSA) is 97.2 Å². The van der Waals surface area contributed by atoms with Gasteiger partial charge in [-0.1, -0.05) is 0 Å². The van der Waals surface area contributed by atoms with Crippen LogP contribution in [0, 0.1) is 5.92 Å². The molecule has 4 rings (SSSR count). The summed E-state index contributed by atoms with van der Waals surface area (Å²) in [6, 6.07) is 3.62. The Bertz CT molecular complexity index is 974. The first-order chi connectivity index (χ1) is 13.8. The van der Waals surface area contributed by atoms with E-state index in [9.17, 15) is 13.2 Å². The van der Waals surface area contributed by atoms with Crippen molar-refractivity contribution < 1.29 is 13.2 Å². The average molecular weight is 418 g/mol. The molecule has 3 heterocycles. The van der Waals surface area contributed by atoms with Crippen molar-refractivity contribution in [2.45, 2.75) is 37.6 Å². The summed E-state index contributed by atoms with van der Waals surface area (Å²) in [5, 5.41) is 3.12. The van der Waals surface area contributed by atoms with Gasteiger partial charge in [-0.05, 0) is 43.7 Å². The second-order valence-electron chi connectivity index (χ2n) is 8.09. The van der Waals surface area contributed by atoms with Gasteiger partial charge < -0.3 is 9.88 Å². The van der Waals surface area contributed by atoms with Gasteiger partial charge >= 0.3 is 0 Å². The van der Waals surface area contributed by atoms with E-state index in [2.05, 4.69) is 15.3 Å². The molecule has 1 saturated carbocycles. The lowest BCUT2D eigenvalue weighted by Gasteiger charge is -2.29. The van der Waals surface area contributed by atoms with Gasteiger partial charge in [0.05, 0.1) is 17.9 Å². The molecule has 0 radical (unpaired) electrons. The molecule has 1 saturated heterocycles. The minimum atomic E-state index is -3.13. The normalized spacial score (nSPS) is 19.8. The Balaban J connectivity index is 1.40. The van der Waals surface area contributed by atoms with Crippen LogP contribution in [0.25, 0.3) is 0 Å². The quantitative estimate of drug-likeness (QED) is 0.773. The van der Waals surface area contributed by atoms with Gasteiger partial charge in [0.15, 0.2) is 0 Å². The van der Waals surface area contributed by atoms with Gasteiger partial charge in [0.2, 0.25) is 10.0 Å². The molecule has 2 aromatic rings. The van der Waals surface area contributed by atoms with Crippen LogP contribution in [-0.2, 0) is 17.1 Å². The monoisotopic (exact) mass is 417 g/mol. The number of nitrogens with zero attached hydrogens (tertiary/aromatic N) is 4. The molecule has 9 heteroatoms. The van der Waals surface area contributed by atoms with Crippen molar-refractivity contribution in [1.29, 1.82) is 0 Å². The number of hydrogen-bond donors (Lipinski definition) is 1. The van der Waals surface area contributed by atoms with Crippen LogP contribution in [-0.4, -0.2) is 52.5 Å². The Hall–Kier alpha value is -2.26. The highest BCUT2D eigenvalue weighted by atomic mass is 32.2. The standard InChI is InChI=1S/C20H27N5O3S/c1-24-12-9-21-19(24)18(15-3-4-15)23-20(26)16-5-6-17(22-13-16)14-7-10-25(11-8-14)29(2,27)28/h5-6,9,12-15,18H,3-4,7-8,10-11H2,1-2H3,(H,23,26)/t18-/m0/s1. The summed E-state index contributed by atoms with van der Waals surface area (Å²) in [4.78, 5) is 21.7. The number of nitrogens with one attached hydrogen (secondary N) is 1. The van der Waals surface area contributed by atoms with Gasteiger partial charge in [-0.25, -0.2) is 17.7 Å². The molecule has 156 valence electrons. The number of aromatic nitrogens is 3. The zero-order chi connectivity index (χ0) is 20.6. The molecule has 0 unspecified atom stereocenters.